The number of esters is 1. The standard InChI is InChI=1S/C21H19NO4/c1-12-8-9-15(10-13(12)2)20(24)14(3)26-21(25)18-11-19(23)16-6-4-5-7-17(16)22-18/h4-11,14H,1-3H3,(H,22,23)/t14-/m0/s1. The molecule has 1 aromatic heterocycles. The summed E-state index contributed by atoms with van der Waals surface area (Å²) in [5.41, 5.74) is 2.85. The van der Waals surface area contributed by atoms with Crippen LogP contribution in [0.15, 0.2) is 53.3 Å². The molecular weight excluding hydrogens is 330 g/mol. The summed E-state index contributed by atoms with van der Waals surface area (Å²) < 4.78 is 5.27. The van der Waals surface area contributed by atoms with Gasteiger partial charge in [-0.3, -0.25) is 9.59 Å². The summed E-state index contributed by atoms with van der Waals surface area (Å²) in [6.45, 7) is 5.40. The van der Waals surface area contributed by atoms with Crippen molar-refractivity contribution >= 4 is 22.7 Å². The van der Waals surface area contributed by atoms with Gasteiger partial charge in [0.05, 0.1) is 0 Å². The summed E-state index contributed by atoms with van der Waals surface area (Å²) in [6, 6.07) is 13.4. The maximum absolute atomic E-state index is 12.5. The van der Waals surface area contributed by atoms with E-state index < -0.39 is 12.1 Å². The summed E-state index contributed by atoms with van der Waals surface area (Å²) in [5, 5.41) is 0.489. The number of rotatable bonds is 4. The molecule has 0 saturated heterocycles. The Hall–Kier alpha value is -3.21. The minimum atomic E-state index is -0.959. The summed E-state index contributed by atoms with van der Waals surface area (Å²) in [6.07, 6.45) is -0.959. The van der Waals surface area contributed by atoms with Crippen molar-refractivity contribution in [3.8, 4) is 0 Å². The second kappa shape index (κ2) is 6.96. The van der Waals surface area contributed by atoms with Crippen LogP contribution in [0.2, 0.25) is 0 Å². The summed E-state index contributed by atoms with van der Waals surface area (Å²) in [7, 11) is 0. The third kappa shape index (κ3) is 3.42. The highest BCUT2D eigenvalue weighted by atomic mass is 16.5. The molecule has 0 saturated carbocycles. The molecular formula is C21H19NO4. The van der Waals surface area contributed by atoms with Crippen molar-refractivity contribution in [3.05, 3.63) is 81.1 Å². The Morgan fingerprint density at radius 1 is 1.00 bits per heavy atom. The maximum Gasteiger partial charge on any atom is 0.355 e. The van der Waals surface area contributed by atoms with Gasteiger partial charge in [-0.15, -0.1) is 0 Å². The number of hydrogen-bond donors (Lipinski definition) is 1. The van der Waals surface area contributed by atoms with Crippen LogP contribution in [0.1, 0.15) is 38.9 Å². The lowest BCUT2D eigenvalue weighted by molar-refractivity contribution is 0.0313. The van der Waals surface area contributed by atoms with Crippen LogP contribution in [-0.2, 0) is 4.74 Å². The van der Waals surface area contributed by atoms with E-state index in [9.17, 15) is 14.4 Å². The van der Waals surface area contributed by atoms with E-state index >= 15 is 0 Å². The van der Waals surface area contributed by atoms with Crippen molar-refractivity contribution in [3.63, 3.8) is 0 Å². The van der Waals surface area contributed by atoms with Gasteiger partial charge in [0.25, 0.3) is 0 Å². The molecule has 132 valence electrons. The Morgan fingerprint density at radius 2 is 1.73 bits per heavy atom. The second-order valence-corrected chi connectivity index (χ2v) is 6.30. The van der Waals surface area contributed by atoms with Gasteiger partial charge >= 0.3 is 5.97 Å². The smallest absolute Gasteiger partial charge is 0.355 e. The van der Waals surface area contributed by atoms with E-state index in [0.29, 0.717) is 16.5 Å². The molecule has 0 bridgehead atoms. The average Bonchev–Trinajstić information content (AvgIpc) is 2.63. The molecule has 0 unspecified atom stereocenters. The van der Waals surface area contributed by atoms with E-state index in [2.05, 4.69) is 4.98 Å². The zero-order chi connectivity index (χ0) is 18.8. The first kappa shape index (κ1) is 17.6. The Bertz CT molecular complexity index is 1070. The van der Waals surface area contributed by atoms with Crippen LogP contribution in [0, 0.1) is 13.8 Å². The summed E-state index contributed by atoms with van der Waals surface area (Å²) in [4.78, 5) is 39.9. The molecule has 2 aromatic carbocycles. The molecule has 0 spiro atoms. The quantitative estimate of drug-likeness (QED) is 0.577. The van der Waals surface area contributed by atoms with Gasteiger partial charge in [-0.05, 0) is 50.1 Å². The van der Waals surface area contributed by atoms with Gasteiger partial charge in [0.2, 0.25) is 5.78 Å². The lowest BCUT2D eigenvalue weighted by Gasteiger charge is -2.13. The van der Waals surface area contributed by atoms with Crippen LogP contribution >= 0.6 is 0 Å². The van der Waals surface area contributed by atoms with E-state index in [1.807, 2.05) is 19.9 Å². The number of para-hydroxylation sites is 1. The van der Waals surface area contributed by atoms with Gasteiger partial charge in [-0.2, -0.15) is 0 Å². The van der Waals surface area contributed by atoms with Crippen molar-refractivity contribution in [2.75, 3.05) is 0 Å². The van der Waals surface area contributed by atoms with E-state index in [0.717, 1.165) is 11.1 Å². The van der Waals surface area contributed by atoms with Crippen LogP contribution in [0.4, 0.5) is 0 Å². The largest absolute Gasteiger partial charge is 0.450 e. The predicted molar refractivity (Wildman–Crippen MR) is 99.7 cm³/mol. The molecule has 0 fully saturated rings. The summed E-state index contributed by atoms with van der Waals surface area (Å²) in [5.74, 6) is -1.03. The third-order valence-corrected chi connectivity index (χ3v) is 4.40. The molecule has 0 amide bonds. The minimum Gasteiger partial charge on any atom is -0.450 e. The van der Waals surface area contributed by atoms with Gasteiger partial charge in [0.1, 0.15) is 5.69 Å². The molecule has 0 aliphatic heterocycles. The van der Waals surface area contributed by atoms with Crippen LogP contribution in [-0.4, -0.2) is 22.8 Å². The monoisotopic (exact) mass is 349 g/mol. The zero-order valence-corrected chi connectivity index (χ0v) is 14.8. The number of pyridine rings is 1. The fourth-order valence-electron chi connectivity index (χ4n) is 2.71. The van der Waals surface area contributed by atoms with Gasteiger partial charge in [-0.25, -0.2) is 4.79 Å². The number of nitrogens with one attached hydrogen (secondary N) is 1. The average molecular weight is 349 g/mol. The first-order valence-electron chi connectivity index (χ1n) is 8.31. The first-order valence-corrected chi connectivity index (χ1v) is 8.31. The molecule has 5 nitrogen and oxygen atoms in total. The summed E-state index contributed by atoms with van der Waals surface area (Å²) >= 11 is 0. The van der Waals surface area contributed by atoms with Crippen molar-refractivity contribution in [1.29, 1.82) is 0 Å². The number of aromatic amines is 1. The van der Waals surface area contributed by atoms with Crippen LogP contribution < -0.4 is 5.43 Å². The van der Waals surface area contributed by atoms with Crippen molar-refractivity contribution in [2.24, 2.45) is 0 Å². The molecule has 0 radical (unpaired) electrons. The number of carbonyl (C=O) groups excluding carboxylic acids is 2. The third-order valence-electron chi connectivity index (χ3n) is 4.40. The molecule has 1 heterocycles. The number of benzene rings is 2. The Kier molecular flexibility index (Phi) is 4.71. The highest BCUT2D eigenvalue weighted by molar-refractivity contribution is 6.01. The molecule has 0 aliphatic rings. The zero-order valence-electron chi connectivity index (χ0n) is 14.8. The Balaban J connectivity index is 1.81. The number of hydrogen-bond acceptors (Lipinski definition) is 4. The van der Waals surface area contributed by atoms with Gasteiger partial charge in [0, 0.05) is 22.5 Å². The number of H-pyrrole nitrogens is 1. The number of aromatic nitrogens is 1. The normalized spacial score (nSPS) is 12.0. The number of aryl methyl sites for hydroxylation is 2. The fourth-order valence-corrected chi connectivity index (χ4v) is 2.71. The minimum absolute atomic E-state index is 0.0217. The van der Waals surface area contributed by atoms with Gasteiger partial charge in [0.15, 0.2) is 11.5 Å². The van der Waals surface area contributed by atoms with Crippen LogP contribution in [0.25, 0.3) is 10.9 Å². The molecule has 5 heteroatoms. The topological polar surface area (TPSA) is 76.2 Å². The van der Waals surface area contributed by atoms with Crippen LogP contribution in [0.5, 0.6) is 0 Å². The lowest BCUT2D eigenvalue weighted by Crippen LogP contribution is -2.25. The number of fused-ring (bicyclic) bond motifs is 1. The van der Waals surface area contributed by atoms with Crippen molar-refractivity contribution < 1.29 is 14.3 Å². The number of ketones is 1. The fraction of sp³-hybridized carbons (Fsp3) is 0.190. The second-order valence-electron chi connectivity index (χ2n) is 6.30. The molecule has 1 N–H and O–H groups in total. The van der Waals surface area contributed by atoms with Gasteiger partial charge in [-0.1, -0.05) is 24.3 Å². The Labute approximate surface area is 150 Å². The van der Waals surface area contributed by atoms with Crippen molar-refractivity contribution in [2.45, 2.75) is 26.9 Å². The van der Waals surface area contributed by atoms with E-state index in [1.165, 1.54) is 13.0 Å². The number of ether oxygens (including phenoxy) is 1. The van der Waals surface area contributed by atoms with Crippen LogP contribution in [0.3, 0.4) is 0 Å². The molecule has 3 rings (SSSR count). The Morgan fingerprint density at radius 3 is 2.46 bits per heavy atom. The first-order chi connectivity index (χ1) is 12.4. The van der Waals surface area contributed by atoms with Crippen molar-refractivity contribution in [1.82, 2.24) is 4.98 Å². The van der Waals surface area contributed by atoms with E-state index in [1.54, 1.807) is 36.4 Å². The lowest BCUT2D eigenvalue weighted by atomic mass is 10.0. The maximum atomic E-state index is 12.5. The highest BCUT2D eigenvalue weighted by Gasteiger charge is 2.21. The van der Waals surface area contributed by atoms with E-state index in [4.69, 9.17) is 4.74 Å². The number of Topliss-reactive ketones (excluding diaryl/α,β-unsaturated/α-hetero) is 1. The molecule has 26 heavy (non-hydrogen) atoms. The highest BCUT2D eigenvalue weighted by Crippen LogP contribution is 2.14. The molecule has 0 aliphatic carbocycles. The number of carbonyl (C=O) groups is 2. The molecule has 3 aromatic rings. The van der Waals surface area contributed by atoms with Gasteiger partial charge < -0.3 is 9.72 Å². The predicted octanol–water partition coefficient (Wildman–Crippen LogP) is 3.57. The van der Waals surface area contributed by atoms with E-state index in [-0.39, 0.29) is 16.9 Å². The molecule has 1 atom stereocenters. The SMILES string of the molecule is Cc1ccc(C(=O)[C@H](C)OC(=O)c2cc(=O)c3ccccc3[nH]2)cc1C.